The number of anilines is 2. The minimum atomic E-state index is 0.649. The molecule has 0 spiro atoms. The molecule has 1 aromatic carbocycles. The molecule has 0 aliphatic carbocycles. The van der Waals surface area contributed by atoms with Crippen LogP contribution in [0.1, 0.15) is 0 Å². The lowest BCUT2D eigenvalue weighted by molar-refractivity contribution is 0.729. The lowest BCUT2D eigenvalue weighted by Gasteiger charge is -2.05. The molecule has 2 heterocycles. The molecule has 1 N–H and O–H groups in total. The Morgan fingerprint density at radius 2 is 1.94 bits per heavy atom. The van der Waals surface area contributed by atoms with E-state index >= 15 is 0 Å². The zero-order chi connectivity index (χ0) is 12.5. The topological polar surface area (TPSA) is 68.5 Å². The number of hydrogen-bond acceptors (Lipinski definition) is 5. The van der Waals surface area contributed by atoms with Gasteiger partial charge in [0, 0.05) is 17.2 Å². The minimum Gasteiger partial charge on any atom is -0.338 e. The van der Waals surface area contributed by atoms with Crippen molar-refractivity contribution in [2.45, 2.75) is 0 Å². The Kier molecular flexibility index (Phi) is 2.67. The Balaban J connectivity index is 2.02. The summed E-state index contributed by atoms with van der Waals surface area (Å²) in [5, 5.41) is 11.2. The average Bonchev–Trinajstić information content (AvgIpc) is 2.76. The van der Waals surface area contributed by atoms with Crippen LogP contribution in [0.25, 0.3) is 11.2 Å². The SMILES string of the molecule is Cn1nnc2c(Nc3ccc(Br)cc3)ncnc21. The van der Waals surface area contributed by atoms with Gasteiger partial charge in [0.15, 0.2) is 17.0 Å². The highest BCUT2D eigenvalue weighted by atomic mass is 79.9. The smallest absolute Gasteiger partial charge is 0.183 e. The molecule has 0 bridgehead atoms. The predicted octanol–water partition coefficient (Wildman–Crippen LogP) is 2.26. The zero-order valence-electron chi connectivity index (χ0n) is 9.50. The fraction of sp³-hybridized carbons (Fsp3) is 0.0909. The van der Waals surface area contributed by atoms with Crippen LogP contribution in [0, 0.1) is 0 Å². The maximum atomic E-state index is 4.19. The fourth-order valence-corrected chi connectivity index (χ4v) is 1.88. The first kappa shape index (κ1) is 11.1. The summed E-state index contributed by atoms with van der Waals surface area (Å²) in [5.74, 6) is 0.649. The van der Waals surface area contributed by atoms with Crippen molar-refractivity contribution in [3.05, 3.63) is 35.1 Å². The van der Waals surface area contributed by atoms with Crippen molar-refractivity contribution < 1.29 is 0 Å². The van der Waals surface area contributed by atoms with Crippen molar-refractivity contribution in [2.24, 2.45) is 7.05 Å². The summed E-state index contributed by atoms with van der Waals surface area (Å²) in [6.45, 7) is 0. The van der Waals surface area contributed by atoms with Crippen molar-refractivity contribution in [2.75, 3.05) is 5.32 Å². The van der Waals surface area contributed by atoms with Gasteiger partial charge in [-0.15, -0.1) is 5.10 Å². The Labute approximate surface area is 111 Å². The van der Waals surface area contributed by atoms with Gasteiger partial charge in [-0.1, -0.05) is 21.1 Å². The average molecular weight is 305 g/mol. The van der Waals surface area contributed by atoms with Gasteiger partial charge in [-0.05, 0) is 24.3 Å². The molecule has 18 heavy (non-hydrogen) atoms. The molecule has 7 heteroatoms. The second-order valence-electron chi connectivity index (χ2n) is 3.74. The van der Waals surface area contributed by atoms with Gasteiger partial charge in [0.25, 0.3) is 0 Å². The third-order valence-corrected chi connectivity index (χ3v) is 3.02. The number of hydrogen-bond donors (Lipinski definition) is 1. The van der Waals surface area contributed by atoms with E-state index in [2.05, 4.69) is 41.5 Å². The van der Waals surface area contributed by atoms with E-state index in [0.29, 0.717) is 17.0 Å². The number of nitrogens with one attached hydrogen (secondary N) is 1. The van der Waals surface area contributed by atoms with E-state index in [-0.39, 0.29) is 0 Å². The Hall–Kier alpha value is -2.02. The number of halogens is 1. The van der Waals surface area contributed by atoms with Crippen molar-refractivity contribution in [1.29, 1.82) is 0 Å². The van der Waals surface area contributed by atoms with Crippen LogP contribution in [0.5, 0.6) is 0 Å². The van der Waals surface area contributed by atoms with Gasteiger partial charge in [-0.25, -0.2) is 14.6 Å². The molecule has 0 radical (unpaired) electrons. The summed E-state index contributed by atoms with van der Waals surface area (Å²) >= 11 is 3.39. The number of benzene rings is 1. The molecular formula is C11H9BrN6. The third-order valence-electron chi connectivity index (χ3n) is 2.50. The predicted molar refractivity (Wildman–Crippen MR) is 71.5 cm³/mol. The second-order valence-corrected chi connectivity index (χ2v) is 4.66. The molecule has 6 nitrogen and oxygen atoms in total. The van der Waals surface area contributed by atoms with Crippen LogP contribution in [0.3, 0.4) is 0 Å². The van der Waals surface area contributed by atoms with E-state index in [1.807, 2.05) is 24.3 Å². The number of rotatable bonds is 2. The molecule has 0 saturated carbocycles. The molecule has 2 aromatic heterocycles. The van der Waals surface area contributed by atoms with Crippen LogP contribution in [0.15, 0.2) is 35.1 Å². The van der Waals surface area contributed by atoms with Crippen molar-refractivity contribution in [3.8, 4) is 0 Å². The maximum Gasteiger partial charge on any atom is 0.183 e. The van der Waals surface area contributed by atoms with Crippen molar-refractivity contribution >= 4 is 38.6 Å². The van der Waals surface area contributed by atoms with Crippen LogP contribution in [0.4, 0.5) is 11.5 Å². The molecule has 0 unspecified atom stereocenters. The quantitative estimate of drug-likeness (QED) is 0.786. The monoisotopic (exact) mass is 304 g/mol. The van der Waals surface area contributed by atoms with E-state index in [1.54, 1.807) is 11.7 Å². The fourth-order valence-electron chi connectivity index (χ4n) is 1.61. The van der Waals surface area contributed by atoms with Crippen LogP contribution >= 0.6 is 15.9 Å². The largest absolute Gasteiger partial charge is 0.338 e. The van der Waals surface area contributed by atoms with E-state index in [4.69, 9.17) is 0 Å². The van der Waals surface area contributed by atoms with Gasteiger partial charge >= 0.3 is 0 Å². The molecule has 0 amide bonds. The number of aryl methyl sites for hydroxylation is 1. The molecule has 0 fully saturated rings. The molecule has 3 rings (SSSR count). The van der Waals surface area contributed by atoms with Crippen molar-refractivity contribution in [1.82, 2.24) is 25.0 Å². The summed E-state index contributed by atoms with van der Waals surface area (Å²) in [6.07, 6.45) is 1.49. The first-order valence-corrected chi connectivity index (χ1v) is 6.06. The summed E-state index contributed by atoms with van der Waals surface area (Å²) in [6, 6.07) is 7.82. The third kappa shape index (κ3) is 1.92. The molecule has 0 saturated heterocycles. The van der Waals surface area contributed by atoms with Gasteiger partial charge in [-0.3, -0.25) is 0 Å². The first-order chi connectivity index (χ1) is 8.74. The van der Waals surface area contributed by atoms with E-state index in [9.17, 15) is 0 Å². The molecule has 0 aliphatic heterocycles. The van der Waals surface area contributed by atoms with E-state index in [1.165, 1.54) is 6.33 Å². The van der Waals surface area contributed by atoms with Crippen LogP contribution in [-0.2, 0) is 7.05 Å². The standard InChI is InChI=1S/C11H9BrN6/c1-18-11-9(16-17-18)10(13-6-14-11)15-8-4-2-7(12)3-5-8/h2-6H,1H3,(H,13,14,15). The van der Waals surface area contributed by atoms with Gasteiger partial charge in [0.05, 0.1) is 0 Å². The molecule has 3 aromatic rings. The van der Waals surface area contributed by atoms with Crippen LogP contribution < -0.4 is 5.32 Å². The second kappa shape index (κ2) is 4.34. The van der Waals surface area contributed by atoms with Crippen LogP contribution in [-0.4, -0.2) is 25.0 Å². The summed E-state index contributed by atoms with van der Waals surface area (Å²) in [4.78, 5) is 8.32. The highest BCUT2D eigenvalue weighted by Gasteiger charge is 2.09. The van der Waals surface area contributed by atoms with Gasteiger partial charge < -0.3 is 5.32 Å². The van der Waals surface area contributed by atoms with Gasteiger partial charge in [0.1, 0.15) is 6.33 Å². The highest BCUT2D eigenvalue weighted by molar-refractivity contribution is 9.10. The number of nitrogens with zero attached hydrogens (tertiary/aromatic N) is 5. The first-order valence-electron chi connectivity index (χ1n) is 5.27. The number of aromatic nitrogens is 5. The van der Waals surface area contributed by atoms with E-state index in [0.717, 1.165) is 10.2 Å². The lowest BCUT2D eigenvalue weighted by Crippen LogP contribution is -1.97. The Morgan fingerprint density at radius 3 is 2.72 bits per heavy atom. The zero-order valence-corrected chi connectivity index (χ0v) is 11.1. The Bertz CT molecular complexity index is 690. The number of fused-ring (bicyclic) bond motifs is 1. The Morgan fingerprint density at radius 1 is 1.17 bits per heavy atom. The van der Waals surface area contributed by atoms with Gasteiger partial charge in [0.2, 0.25) is 0 Å². The molecule has 0 aliphatic rings. The summed E-state index contributed by atoms with van der Waals surface area (Å²) < 4.78 is 2.64. The van der Waals surface area contributed by atoms with E-state index < -0.39 is 0 Å². The minimum absolute atomic E-state index is 0.649. The summed E-state index contributed by atoms with van der Waals surface area (Å²) in [5.41, 5.74) is 2.29. The lowest BCUT2D eigenvalue weighted by atomic mass is 10.3. The highest BCUT2D eigenvalue weighted by Crippen LogP contribution is 2.21. The molecular weight excluding hydrogens is 296 g/mol. The van der Waals surface area contributed by atoms with Crippen LogP contribution in [0.2, 0.25) is 0 Å². The van der Waals surface area contributed by atoms with Crippen molar-refractivity contribution in [3.63, 3.8) is 0 Å². The maximum absolute atomic E-state index is 4.19. The van der Waals surface area contributed by atoms with Gasteiger partial charge in [-0.2, -0.15) is 0 Å². The normalized spacial score (nSPS) is 10.8. The summed E-state index contributed by atoms with van der Waals surface area (Å²) in [7, 11) is 1.80. The molecule has 0 atom stereocenters. The molecule has 90 valence electrons.